The summed E-state index contributed by atoms with van der Waals surface area (Å²) in [6.45, 7) is 6.30. The fourth-order valence-corrected chi connectivity index (χ4v) is 6.76. The van der Waals surface area contributed by atoms with Gasteiger partial charge in [0.25, 0.3) is 0 Å². The molecule has 6 heteroatoms. The lowest BCUT2D eigenvalue weighted by Gasteiger charge is -2.23. The van der Waals surface area contributed by atoms with Gasteiger partial charge in [0.05, 0.1) is 25.2 Å². The van der Waals surface area contributed by atoms with Gasteiger partial charge in [-0.2, -0.15) is 0 Å². The van der Waals surface area contributed by atoms with Crippen LogP contribution in [0.3, 0.4) is 0 Å². The van der Waals surface area contributed by atoms with E-state index in [9.17, 15) is 19.8 Å². The van der Waals surface area contributed by atoms with Gasteiger partial charge in [-0.1, -0.05) is 197 Å². The summed E-state index contributed by atoms with van der Waals surface area (Å²) in [5.41, 5.74) is 0. The molecule has 0 heterocycles. The second-order valence-electron chi connectivity index (χ2n) is 15.8. The molecule has 0 saturated heterocycles. The number of amides is 1. The number of allylic oxidation sites excluding steroid dienone is 9. The first-order chi connectivity index (χ1) is 27.5. The fourth-order valence-electron chi connectivity index (χ4n) is 6.76. The zero-order chi connectivity index (χ0) is 41.0. The van der Waals surface area contributed by atoms with Gasteiger partial charge in [-0.05, 0) is 70.3 Å². The molecule has 0 rings (SSSR count). The van der Waals surface area contributed by atoms with Gasteiger partial charge >= 0.3 is 5.97 Å². The van der Waals surface area contributed by atoms with Crippen molar-refractivity contribution in [2.75, 3.05) is 6.61 Å². The summed E-state index contributed by atoms with van der Waals surface area (Å²) in [4.78, 5) is 25.9. The molecule has 0 fully saturated rings. The highest BCUT2D eigenvalue weighted by Gasteiger charge is 2.23. The van der Waals surface area contributed by atoms with Crippen LogP contribution in [0.1, 0.15) is 220 Å². The predicted octanol–water partition coefficient (Wildman–Crippen LogP) is 13.7. The number of hydrogen-bond donors (Lipinski definition) is 3. The SMILES string of the molecule is CC/C=C/C/C=C/C/C=C/CCCCCCCCC(=O)OC(/C=C/C/C=C\CCCCCCCC)CC(=O)NC(CO)C(O)CCCCCCCCCCCC. The number of nitrogens with one attached hydrogen (secondary N) is 1. The van der Waals surface area contributed by atoms with Crippen molar-refractivity contribution in [1.29, 1.82) is 0 Å². The largest absolute Gasteiger partial charge is 0.458 e. The van der Waals surface area contributed by atoms with Crippen molar-refractivity contribution in [3.05, 3.63) is 60.8 Å². The molecule has 0 bridgehead atoms. The third kappa shape index (κ3) is 38.4. The molecule has 0 spiro atoms. The topological polar surface area (TPSA) is 95.9 Å². The van der Waals surface area contributed by atoms with Crippen molar-refractivity contribution in [2.45, 2.75) is 238 Å². The third-order valence-electron chi connectivity index (χ3n) is 10.3. The average Bonchev–Trinajstić information content (AvgIpc) is 3.19. The highest BCUT2D eigenvalue weighted by molar-refractivity contribution is 5.78. The normalized spacial score (nSPS) is 13.9. The molecule has 0 saturated carbocycles. The third-order valence-corrected chi connectivity index (χ3v) is 10.3. The molecule has 1 amide bonds. The maximum Gasteiger partial charge on any atom is 0.306 e. The van der Waals surface area contributed by atoms with Gasteiger partial charge in [-0.15, -0.1) is 0 Å². The molecule has 56 heavy (non-hydrogen) atoms. The van der Waals surface area contributed by atoms with Crippen LogP contribution in [0.25, 0.3) is 0 Å². The van der Waals surface area contributed by atoms with Crippen LogP contribution in [0.15, 0.2) is 60.8 Å². The van der Waals surface area contributed by atoms with Gasteiger partial charge < -0.3 is 20.3 Å². The molecule has 3 atom stereocenters. The fraction of sp³-hybridized carbons (Fsp3) is 0.760. The van der Waals surface area contributed by atoms with E-state index in [1.165, 1.54) is 103 Å². The molecule has 3 N–H and O–H groups in total. The summed E-state index contributed by atoms with van der Waals surface area (Å²) in [7, 11) is 0. The number of carbonyl (C=O) groups excluding carboxylic acids is 2. The molecule has 3 unspecified atom stereocenters. The molecular weight excluding hydrogens is 695 g/mol. The van der Waals surface area contributed by atoms with Crippen LogP contribution in [-0.2, 0) is 14.3 Å². The molecule has 0 aromatic heterocycles. The second kappa shape index (κ2) is 43.7. The van der Waals surface area contributed by atoms with Gasteiger partial charge in [0.1, 0.15) is 6.10 Å². The lowest BCUT2D eigenvalue weighted by Crippen LogP contribution is -2.46. The van der Waals surface area contributed by atoms with Crippen LogP contribution >= 0.6 is 0 Å². The van der Waals surface area contributed by atoms with Crippen LogP contribution in [-0.4, -0.2) is 46.9 Å². The van der Waals surface area contributed by atoms with Crippen molar-refractivity contribution >= 4 is 11.9 Å². The first-order valence-corrected chi connectivity index (χ1v) is 23.5. The monoisotopic (exact) mass is 784 g/mol. The van der Waals surface area contributed by atoms with E-state index in [-0.39, 0.29) is 24.9 Å². The zero-order valence-electron chi connectivity index (χ0n) is 36.8. The molecule has 0 aromatic carbocycles. The van der Waals surface area contributed by atoms with E-state index >= 15 is 0 Å². The van der Waals surface area contributed by atoms with Crippen LogP contribution in [0.2, 0.25) is 0 Å². The molecule has 6 nitrogen and oxygen atoms in total. The number of esters is 1. The Morgan fingerprint density at radius 3 is 1.52 bits per heavy atom. The summed E-state index contributed by atoms with van der Waals surface area (Å²) in [6.07, 6.45) is 53.1. The Morgan fingerprint density at radius 2 is 1.00 bits per heavy atom. The Bertz CT molecular complexity index is 1010. The smallest absolute Gasteiger partial charge is 0.306 e. The number of unbranched alkanes of at least 4 members (excludes halogenated alkanes) is 21. The number of aliphatic hydroxyl groups excluding tert-OH is 2. The Balaban J connectivity index is 4.67. The molecule has 0 radical (unpaired) electrons. The predicted molar refractivity (Wildman–Crippen MR) is 241 cm³/mol. The number of ether oxygens (including phenoxy) is 1. The van der Waals surface area contributed by atoms with Crippen molar-refractivity contribution in [3.63, 3.8) is 0 Å². The van der Waals surface area contributed by atoms with Gasteiger partial charge in [0.2, 0.25) is 5.91 Å². The number of carbonyl (C=O) groups is 2. The molecule has 0 aliphatic carbocycles. The second-order valence-corrected chi connectivity index (χ2v) is 15.8. The van der Waals surface area contributed by atoms with Gasteiger partial charge in [-0.3, -0.25) is 9.59 Å². The van der Waals surface area contributed by atoms with Crippen LogP contribution in [0, 0.1) is 0 Å². The minimum absolute atomic E-state index is 0.0355. The van der Waals surface area contributed by atoms with E-state index in [1.807, 2.05) is 12.2 Å². The number of aliphatic hydroxyl groups is 2. The zero-order valence-corrected chi connectivity index (χ0v) is 36.8. The van der Waals surface area contributed by atoms with E-state index in [1.54, 1.807) is 0 Å². The Morgan fingerprint density at radius 1 is 0.554 bits per heavy atom. The summed E-state index contributed by atoms with van der Waals surface area (Å²) in [5.74, 6) is -0.621. The molecule has 0 aliphatic heterocycles. The highest BCUT2D eigenvalue weighted by Crippen LogP contribution is 2.15. The maximum absolute atomic E-state index is 13.1. The van der Waals surface area contributed by atoms with Crippen molar-refractivity contribution in [3.8, 4) is 0 Å². The van der Waals surface area contributed by atoms with E-state index in [0.717, 1.165) is 70.6 Å². The van der Waals surface area contributed by atoms with E-state index in [4.69, 9.17) is 4.74 Å². The Labute approximate surface area is 346 Å². The van der Waals surface area contributed by atoms with E-state index in [2.05, 4.69) is 74.7 Å². The minimum atomic E-state index is -0.812. The van der Waals surface area contributed by atoms with Crippen molar-refractivity contribution in [1.82, 2.24) is 5.32 Å². The quantitative estimate of drug-likeness (QED) is 0.0326. The average molecular weight is 784 g/mol. The van der Waals surface area contributed by atoms with Crippen LogP contribution in [0.5, 0.6) is 0 Å². The van der Waals surface area contributed by atoms with Gasteiger partial charge in [0, 0.05) is 6.42 Å². The molecule has 0 aromatic rings. The molecular formula is C50H89NO5. The Hall–Kier alpha value is -2.44. The van der Waals surface area contributed by atoms with Gasteiger partial charge in [0.15, 0.2) is 0 Å². The van der Waals surface area contributed by atoms with Gasteiger partial charge in [-0.25, -0.2) is 0 Å². The minimum Gasteiger partial charge on any atom is -0.458 e. The lowest BCUT2D eigenvalue weighted by molar-refractivity contribution is -0.148. The first-order valence-electron chi connectivity index (χ1n) is 23.5. The lowest BCUT2D eigenvalue weighted by atomic mass is 10.0. The van der Waals surface area contributed by atoms with E-state index in [0.29, 0.717) is 19.3 Å². The van der Waals surface area contributed by atoms with Crippen LogP contribution in [0.4, 0.5) is 0 Å². The summed E-state index contributed by atoms with van der Waals surface area (Å²) in [5, 5.41) is 23.6. The van der Waals surface area contributed by atoms with Crippen molar-refractivity contribution < 1.29 is 24.5 Å². The van der Waals surface area contributed by atoms with E-state index < -0.39 is 18.2 Å². The van der Waals surface area contributed by atoms with Crippen LogP contribution < -0.4 is 5.32 Å². The number of hydrogen-bond acceptors (Lipinski definition) is 5. The summed E-state index contributed by atoms with van der Waals surface area (Å²) in [6, 6.07) is -0.734. The highest BCUT2D eigenvalue weighted by atomic mass is 16.5. The summed E-state index contributed by atoms with van der Waals surface area (Å²) >= 11 is 0. The maximum atomic E-state index is 13.1. The molecule has 324 valence electrons. The Kier molecular flexibility index (Phi) is 41.8. The first kappa shape index (κ1) is 53.6. The van der Waals surface area contributed by atoms with Crippen molar-refractivity contribution in [2.24, 2.45) is 0 Å². The molecule has 0 aliphatic rings. The number of rotatable bonds is 41. The summed E-state index contributed by atoms with van der Waals surface area (Å²) < 4.78 is 5.80. The standard InChI is InChI=1S/C50H89NO5/c1-4-7-10-13-16-19-22-23-24-25-26-28-31-34-37-40-43-50(55)56-46(41-38-35-32-29-27-20-17-14-11-8-5-2)44-49(54)51-47(45-52)48(53)42-39-36-33-30-21-18-15-12-9-6-3/h7,10,16,19,23-24,29,32,38,41,46-48,52-53H,4-6,8-9,11-15,17-18,20-22,25-28,30-31,33-37,39-40,42-45H2,1-3H3,(H,51,54)/b10-7+,19-16+,24-23+,32-29-,41-38+.